The fourth-order valence-corrected chi connectivity index (χ4v) is 3.36. The van der Waals surface area contributed by atoms with Gasteiger partial charge in [-0.05, 0) is 30.3 Å². The molecule has 32 heavy (non-hydrogen) atoms. The van der Waals surface area contributed by atoms with Crippen molar-refractivity contribution in [1.29, 1.82) is 0 Å². The number of hydrogen-bond acceptors (Lipinski definition) is 5. The Bertz CT molecular complexity index is 1310. The van der Waals surface area contributed by atoms with E-state index in [1.54, 1.807) is 30.3 Å². The van der Waals surface area contributed by atoms with Crippen LogP contribution in [0.15, 0.2) is 76.4 Å². The van der Waals surface area contributed by atoms with Gasteiger partial charge in [-0.2, -0.15) is 5.10 Å². The number of nitrogens with one attached hydrogen (secondary N) is 1. The molecule has 0 aliphatic rings. The van der Waals surface area contributed by atoms with Gasteiger partial charge in [-0.25, -0.2) is 10.2 Å². The van der Waals surface area contributed by atoms with Crippen molar-refractivity contribution in [3.05, 3.63) is 89.0 Å². The second-order valence-electron chi connectivity index (χ2n) is 6.81. The van der Waals surface area contributed by atoms with Gasteiger partial charge in [0.05, 0.1) is 17.8 Å². The summed E-state index contributed by atoms with van der Waals surface area (Å²) in [7, 11) is 0. The van der Waals surface area contributed by atoms with Crippen molar-refractivity contribution in [2.45, 2.75) is 6.54 Å². The lowest BCUT2D eigenvalue weighted by atomic mass is 10.2. The summed E-state index contributed by atoms with van der Waals surface area (Å²) >= 11 is 6.00. The lowest BCUT2D eigenvalue weighted by Gasteiger charge is -2.06. The van der Waals surface area contributed by atoms with Crippen LogP contribution in [0, 0.1) is 0 Å². The van der Waals surface area contributed by atoms with Crippen LogP contribution in [0.2, 0.25) is 5.02 Å². The molecule has 162 valence electrons. The molecule has 0 saturated heterocycles. The maximum absolute atomic E-state index is 12.0. The molecule has 0 aliphatic carbocycles. The lowest BCUT2D eigenvalue weighted by Crippen LogP contribution is -2.24. The Balaban J connectivity index is 1.44. The predicted octanol–water partition coefficient (Wildman–Crippen LogP) is 4.16. The summed E-state index contributed by atoms with van der Waals surface area (Å²) < 4.78 is 12.7. The number of halogens is 1. The molecule has 0 spiro atoms. The monoisotopic (exact) mass is 451 g/mol. The number of ether oxygens (including phenoxy) is 1. The van der Waals surface area contributed by atoms with E-state index in [1.807, 2.05) is 35.0 Å². The minimum absolute atomic E-state index is 0.111. The molecular weight excluding hydrogens is 434 g/mol. The van der Waals surface area contributed by atoms with Crippen LogP contribution in [0.25, 0.3) is 10.9 Å². The number of para-hydroxylation sites is 2. The quantitative estimate of drug-likeness (QED) is 0.309. The zero-order valence-corrected chi connectivity index (χ0v) is 17.5. The zero-order chi connectivity index (χ0) is 22.5. The molecule has 2 N–H and O–H groups in total. The van der Waals surface area contributed by atoms with E-state index in [4.69, 9.17) is 25.9 Å². The maximum Gasteiger partial charge on any atom is 0.371 e. The van der Waals surface area contributed by atoms with Crippen LogP contribution in [0.5, 0.6) is 5.75 Å². The van der Waals surface area contributed by atoms with Gasteiger partial charge in [0, 0.05) is 22.7 Å². The van der Waals surface area contributed by atoms with Crippen LogP contribution >= 0.6 is 11.6 Å². The molecule has 8 nitrogen and oxygen atoms in total. The highest BCUT2D eigenvalue weighted by Crippen LogP contribution is 2.23. The van der Waals surface area contributed by atoms with E-state index in [0.717, 1.165) is 16.5 Å². The number of carboxylic acids is 1. The second kappa shape index (κ2) is 9.40. The number of carboxylic acid groups (broad SMARTS) is 1. The van der Waals surface area contributed by atoms with Crippen LogP contribution in [-0.4, -0.2) is 34.4 Å². The molecule has 0 saturated carbocycles. The molecule has 4 rings (SSSR count). The first-order valence-electron chi connectivity index (χ1n) is 9.60. The molecule has 4 aromatic rings. The Morgan fingerprint density at radius 2 is 1.91 bits per heavy atom. The van der Waals surface area contributed by atoms with E-state index in [9.17, 15) is 9.59 Å². The SMILES string of the molecule is O=C(COc1ccccc1Cl)N/N=C/c1cn(Cc2ccc(C(=O)O)o2)c2ccccc12. The third-order valence-electron chi connectivity index (χ3n) is 4.61. The zero-order valence-electron chi connectivity index (χ0n) is 16.7. The van der Waals surface area contributed by atoms with Crippen molar-refractivity contribution >= 4 is 40.6 Å². The van der Waals surface area contributed by atoms with Crippen molar-refractivity contribution < 1.29 is 23.8 Å². The van der Waals surface area contributed by atoms with E-state index in [0.29, 0.717) is 23.1 Å². The molecule has 0 aliphatic heterocycles. The van der Waals surface area contributed by atoms with Gasteiger partial charge in [0.1, 0.15) is 11.5 Å². The number of rotatable bonds is 8. The summed E-state index contributed by atoms with van der Waals surface area (Å²) in [5.74, 6) is -0.727. The van der Waals surface area contributed by atoms with Gasteiger partial charge in [0.15, 0.2) is 6.61 Å². The molecular formula is C23H18ClN3O5. The Hall–Kier alpha value is -4.04. The normalized spacial score (nSPS) is 11.2. The minimum atomic E-state index is -1.12. The number of furan rings is 1. The molecule has 0 unspecified atom stereocenters. The lowest BCUT2D eigenvalue weighted by molar-refractivity contribution is -0.123. The molecule has 0 bridgehead atoms. The van der Waals surface area contributed by atoms with Crippen LogP contribution in [0.3, 0.4) is 0 Å². The molecule has 0 atom stereocenters. The van der Waals surface area contributed by atoms with Crippen molar-refractivity contribution in [2.75, 3.05) is 6.61 Å². The average molecular weight is 452 g/mol. The molecule has 1 amide bonds. The van der Waals surface area contributed by atoms with Crippen molar-refractivity contribution in [3.63, 3.8) is 0 Å². The number of nitrogens with zero attached hydrogens (tertiary/aromatic N) is 2. The van der Waals surface area contributed by atoms with E-state index >= 15 is 0 Å². The van der Waals surface area contributed by atoms with Crippen LogP contribution in [-0.2, 0) is 11.3 Å². The number of amides is 1. The Morgan fingerprint density at radius 3 is 2.69 bits per heavy atom. The van der Waals surface area contributed by atoms with Gasteiger partial charge < -0.3 is 18.8 Å². The fourth-order valence-electron chi connectivity index (χ4n) is 3.17. The number of carbonyl (C=O) groups excluding carboxylic acids is 1. The smallest absolute Gasteiger partial charge is 0.371 e. The first-order valence-corrected chi connectivity index (χ1v) is 9.98. The fraction of sp³-hybridized carbons (Fsp3) is 0.0870. The van der Waals surface area contributed by atoms with Gasteiger partial charge in [0.2, 0.25) is 5.76 Å². The van der Waals surface area contributed by atoms with Gasteiger partial charge in [-0.3, -0.25) is 4.79 Å². The van der Waals surface area contributed by atoms with Crippen molar-refractivity contribution in [2.24, 2.45) is 5.10 Å². The number of hydrogen-bond donors (Lipinski definition) is 2. The third-order valence-corrected chi connectivity index (χ3v) is 4.92. The van der Waals surface area contributed by atoms with E-state index < -0.39 is 11.9 Å². The summed E-state index contributed by atoms with van der Waals surface area (Å²) in [6.07, 6.45) is 3.39. The third kappa shape index (κ3) is 4.81. The van der Waals surface area contributed by atoms with E-state index in [2.05, 4.69) is 10.5 Å². The highest BCUT2D eigenvalue weighted by atomic mass is 35.5. The molecule has 0 fully saturated rings. The number of aromatic nitrogens is 1. The van der Waals surface area contributed by atoms with E-state index in [1.165, 1.54) is 12.3 Å². The summed E-state index contributed by atoms with van der Waals surface area (Å²) in [5, 5.41) is 14.4. The summed E-state index contributed by atoms with van der Waals surface area (Å²) in [6.45, 7) is 0.118. The highest BCUT2D eigenvalue weighted by molar-refractivity contribution is 6.32. The molecule has 0 radical (unpaired) electrons. The second-order valence-corrected chi connectivity index (χ2v) is 7.22. The number of fused-ring (bicyclic) bond motifs is 1. The average Bonchev–Trinajstić information content (AvgIpc) is 3.39. The van der Waals surface area contributed by atoms with Crippen molar-refractivity contribution in [3.8, 4) is 5.75 Å². The first-order chi connectivity index (χ1) is 15.5. The molecule has 2 aromatic heterocycles. The van der Waals surface area contributed by atoms with Crippen LogP contribution < -0.4 is 10.2 Å². The number of aromatic carboxylic acids is 1. The van der Waals surface area contributed by atoms with Crippen LogP contribution in [0.4, 0.5) is 0 Å². The topological polar surface area (TPSA) is 106 Å². The largest absolute Gasteiger partial charge is 0.482 e. The summed E-state index contributed by atoms with van der Waals surface area (Å²) in [4.78, 5) is 23.1. The number of hydrazone groups is 1. The Labute approximate surface area is 187 Å². The molecule has 9 heteroatoms. The van der Waals surface area contributed by atoms with Gasteiger partial charge in [-0.1, -0.05) is 41.9 Å². The highest BCUT2D eigenvalue weighted by Gasteiger charge is 2.12. The van der Waals surface area contributed by atoms with Gasteiger partial charge in [0.25, 0.3) is 5.91 Å². The Kier molecular flexibility index (Phi) is 6.23. The van der Waals surface area contributed by atoms with Crippen LogP contribution in [0.1, 0.15) is 21.9 Å². The van der Waals surface area contributed by atoms with Gasteiger partial charge >= 0.3 is 5.97 Å². The standard InChI is InChI=1S/C23H18ClN3O5/c24-18-6-2-4-8-20(18)31-14-22(28)26-25-11-15-12-27(19-7-3-1-5-17(15)19)13-16-9-10-21(32-16)23(29)30/h1-12H,13-14H2,(H,26,28)(H,29,30)/b25-11+. The molecule has 2 heterocycles. The van der Waals surface area contributed by atoms with E-state index in [-0.39, 0.29) is 12.4 Å². The number of benzene rings is 2. The summed E-state index contributed by atoms with van der Waals surface area (Å²) in [6, 6.07) is 17.6. The first kappa shape index (κ1) is 21.2. The maximum atomic E-state index is 12.0. The Morgan fingerprint density at radius 1 is 1.12 bits per heavy atom. The molecule has 2 aromatic carbocycles. The summed E-state index contributed by atoms with van der Waals surface area (Å²) in [5.41, 5.74) is 4.12. The minimum Gasteiger partial charge on any atom is -0.482 e. The predicted molar refractivity (Wildman–Crippen MR) is 119 cm³/mol. The van der Waals surface area contributed by atoms with Crippen molar-refractivity contribution in [1.82, 2.24) is 9.99 Å². The van der Waals surface area contributed by atoms with Gasteiger partial charge in [-0.15, -0.1) is 0 Å². The number of carbonyl (C=O) groups is 2.